The van der Waals surface area contributed by atoms with Crippen molar-refractivity contribution >= 4 is 34.4 Å². The fraction of sp³-hybridized carbons (Fsp3) is 0.263. The number of nitrogens with zero attached hydrogens (tertiary/aromatic N) is 3. The molecule has 1 aromatic heterocycles. The highest BCUT2D eigenvalue weighted by molar-refractivity contribution is 7.99. The Morgan fingerprint density at radius 2 is 1.89 bits per heavy atom. The zero-order chi connectivity index (χ0) is 19.2. The summed E-state index contributed by atoms with van der Waals surface area (Å²) in [5.41, 5.74) is 2.32. The van der Waals surface area contributed by atoms with E-state index >= 15 is 0 Å². The summed E-state index contributed by atoms with van der Waals surface area (Å²) in [5, 5.41) is 2.98. The highest BCUT2D eigenvalue weighted by Gasteiger charge is 2.17. The topological polar surface area (TPSA) is 50.2 Å². The minimum absolute atomic E-state index is 0.0510. The molecule has 0 unspecified atom stereocenters. The fourth-order valence-corrected chi connectivity index (χ4v) is 3.35. The van der Waals surface area contributed by atoms with E-state index in [9.17, 15) is 13.6 Å². The third-order valence-corrected chi connectivity index (χ3v) is 4.78. The summed E-state index contributed by atoms with van der Waals surface area (Å²) in [6.07, 6.45) is 0. The van der Waals surface area contributed by atoms with Gasteiger partial charge in [-0.05, 0) is 36.0 Å². The number of hydrogen-bond acceptors (Lipinski definition) is 4. The molecule has 3 aromatic rings. The molecule has 0 aliphatic carbocycles. The number of carbonyl (C=O) groups is 1. The molecule has 1 amide bonds. The number of carbonyl (C=O) groups excluding carboxylic acids is 1. The molecule has 142 valence electrons. The Balaban J connectivity index is 1.62. The van der Waals surface area contributed by atoms with Crippen molar-refractivity contribution in [3.63, 3.8) is 0 Å². The van der Waals surface area contributed by atoms with Crippen LogP contribution >= 0.6 is 11.8 Å². The van der Waals surface area contributed by atoms with Gasteiger partial charge in [-0.2, -0.15) is 8.78 Å². The SMILES string of the molecule is CN(CCNC(=O)Cn1c(SC(F)F)nc2ccccc21)c1ccccc1. The van der Waals surface area contributed by atoms with E-state index in [0.29, 0.717) is 35.9 Å². The fourth-order valence-electron chi connectivity index (χ4n) is 2.75. The molecular weight excluding hydrogens is 370 g/mol. The van der Waals surface area contributed by atoms with Gasteiger partial charge in [0, 0.05) is 25.8 Å². The first-order chi connectivity index (χ1) is 13.0. The lowest BCUT2D eigenvalue weighted by atomic mass is 10.3. The smallest absolute Gasteiger partial charge is 0.291 e. The Morgan fingerprint density at radius 1 is 1.19 bits per heavy atom. The average Bonchev–Trinajstić information content (AvgIpc) is 2.99. The van der Waals surface area contributed by atoms with Crippen LogP contribution in [0.25, 0.3) is 11.0 Å². The summed E-state index contributed by atoms with van der Waals surface area (Å²) in [7, 11) is 1.95. The van der Waals surface area contributed by atoms with Gasteiger partial charge < -0.3 is 14.8 Å². The predicted octanol–water partition coefficient (Wildman–Crippen LogP) is 3.60. The molecule has 0 bridgehead atoms. The normalized spacial score (nSPS) is 11.1. The molecule has 1 N–H and O–H groups in total. The number of likely N-dealkylation sites (N-methyl/N-ethyl adjacent to an activating group) is 1. The molecule has 8 heteroatoms. The maximum Gasteiger partial charge on any atom is 0.291 e. The number of rotatable bonds is 8. The number of aromatic nitrogens is 2. The van der Waals surface area contributed by atoms with Gasteiger partial charge in [0.15, 0.2) is 5.16 Å². The largest absolute Gasteiger partial charge is 0.373 e. The molecule has 27 heavy (non-hydrogen) atoms. The Morgan fingerprint density at radius 3 is 2.63 bits per heavy atom. The van der Waals surface area contributed by atoms with E-state index in [1.165, 1.54) is 4.57 Å². The van der Waals surface area contributed by atoms with E-state index < -0.39 is 5.76 Å². The lowest BCUT2D eigenvalue weighted by Gasteiger charge is -2.19. The highest BCUT2D eigenvalue weighted by atomic mass is 32.2. The monoisotopic (exact) mass is 390 g/mol. The van der Waals surface area contributed by atoms with Crippen molar-refractivity contribution in [1.29, 1.82) is 0 Å². The molecule has 5 nitrogen and oxygen atoms in total. The maximum absolute atomic E-state index is 12.8. The zero-order valence-electron chi connectivity index (χ0n) is 14.8. The zero-order valence-corrected chi connectivity index (χ0v) is 15.6. The molecule has 0 aliphatic heterocycles. The Kier molecular flexibility index (Phi) is 6.28. The van der Waals surface area contributed by atoms with E-state index in [0.717, 1.165) is 5.69 Å². The number of anilines is 1. The van der Waals surface area contributed by atoms with Crippen molar-refractivity contribution in [2.45, 2.75) is 17.5 Å². The van der Waals surface area contributed by atoms with Gasteiger partial charge in [-0.15, -0.1) is 0 Å². The first-order valence-electron chi connectivity index (χ1n) is 8.47. The van der Waals surface area contributed by atoms with Crippen molar-refractivity contribution in [3.8, 4) is 0 Å². The molecule has 0 saturated carbocycles. The Bertz CT molecular complexity index is 901. The average molecular weight is 390 g/mol. The van der Waals surface area contributed by atoms with Crippen LogP contribution in [0.1, 0.15) is 0 Å². The van der Waals surface area contributed by atoms with Crippen LogP contribution in [0.4, 0.5) is 14.5 Å². The summed E-state index contributed by atoms with van der Waals surface area (Å²) >= 11 is 0.349. The summed E-state index contributed by atoms with van der Waals surface area (Å²) in [6, 6.07) is 16.9. The summed E-state index contributed by atoms with van der Waals surface area (Å²) in [6.45, 7) is 1.04. The van der Waals surface area contributed by atoms with Crippen LogP contribution in [-0.4, -0.2) is 41.4 Å². The van der Waals surface area contributed by atoms with Crippen LogP contribution in [0.2, 0.25) is 0 Å². The van der Waals surface area contributed by atoms with Crippen LogP contribution in [-0.2, 0) is 11.3 Å². The number of hydrogen-bond donors (Lipinski definition) is 1. The summed E-state index contributed by atoms with van der Waals surface area (Å²) in [4.78, 5) is 18.6. The second kappa shape index (κ2) is 8.85. The van der Waals surface area contributed by atoms with Gasteiger partial charge in [0.25, 0.3) is 5.76 Å². The van der Waals surface area contributed by atoms with Crippen LogP contribution in [0.15, 0.2) is 59.8 Å². The third-order valence-electron chi connectivity index (χ3n) is 4.08. The van der Waals surface area contributed by atoms with Crippen LogP contribution in [0, 0.1) is 0 Å². The van der Waals surface area contributed by atoms with Crippen LogP contribution in [0.3, 0.4) is 0 Å². The third kappa shape index (κ3) is 4.97. The number of nitrogens with one attached hydrogen (secondary N) is 1. The molecule has 0 aliphatic rings. The first kappa shape index (κ1) is 19.2. The Labute approximate surface area is 160 Å². The quantitative estimate of drug-likeness (QED) is 0.597. The van der Waals surface area contributed by atoms with E-state index in [4.69, 9.17) is 0 Å². The van der Waals surface area contributed by atoms with Crippen molar-refractivity contribution in [2.24, 2.45) is 0 Å². The predicted molar refractivity (Wildman–Crippen MR) is 104 cm³/mol. The molecule has 1 heterocycles. The minimum atomic E-state index is -2.59. The van der Waals surface area contributed by atoms with E-state index in [2.05, 4.69) is 10.3 Å². The molecule has 0 spiro atoms. The van der Waals surface area contributed by atoms with Gasteiger partial charge in [0.1, 0.15) is 6.54 Å². The number of imidazole rings is 1. The number of para-hydroxylation sites is 3. The van der Waals surface area contributed by atoms with Gasteiger partial charge in [-0.1, -0.05) is 30.3 Å². The number of thioether (sulfide) groups is 1. The lowest BCUT2D eigenvalue weighted by molar-refractivity contribution is -0.121. The Hall–Kier alpha value is -2.61. The molecule has 0 atom stereocenters. The number of benzene rings is 2. The maximum atomic E-state index is 12.8. The van der Waals surface area contributed by atoms with Crippen molar-refractivity contribution in [1.82, 2.24) is 14.9 Å². The minimum Gasteiger partial charge on any atom is -0.373 e. The van der Waals surface area contributed by atoms with Gasteiger partial charge in [0.2, 0.25) is 5.91 Å². The number of amides is 1. The standard InChI is InChI=1S/C19H20F2N4OS/c1-24(14-7-3-2-4-8-14)12-11-22-17(26)13-25-16-10-6-5-9-15(16)23-19(25)27-18(20)21/h2-10,18H,11-13H2,1H3,(H,22,26). The molecular formula is C19H20F2N4OS. The number of alkyl halides is 2. The van der Waals surface area contributed by atoms with E-state index in [1.54, 1.807) is 24.3 Å². The van der Waals surface area contributed by atoms with Gasteiger partial charge in [-0.3, -0.25) is 4.79 Å². The molecule has 0 radical (unpaired) electrons. The second-order valence-corrected chi connectivity index (χ2v) is 6.91. The summed E-state index contributed by atoms with van der Waals surface area (Å²) in [5.74, 6) is -2.83. The number of halogens is 2. The van der Waals surface area contributed by atoms with Crippen molar-refractivity contribution in [2.75, 3.05) is 25.0 Å². The van der Waals surface area contributed by atoms with Crippen LogP contribution < -0.4 is 10.2 Å². The van der Waals surface area contributed by atoms with Crippen molar-refractivity contribution in [3.05, 3.63) is 54.6 Å². The molecule has 0 fully saturated rings. The van der Waals surface area contributed by atoms with E-state index in [1.807, 2.05) is 42.3 Å². The second-order valence-electron chi connectivity index (χ2n) is 5.95. The summed E-state index contributed by atoms with van der Waals surface area (Å²) < 4.78 is 27.2. The van der Waals surface area contributed by atoms with E-state index in [-0.39, 0.29) is 17.6 Å². The van der Waals surface area contributed by atoms with Crippen LogP contribution in [0.5, 0.6) is 0 Å². The van der Waals surface area contributed by atoms with Gasteiger partial charge in [0.05, 0.1) is 11.0 Å². The molecule has 3 rings (SSSR count). The first-order valence-corrected chi connectivity index (χ1v) is 9.35. The molecule has 2 aromatic carbocycles. The van der Waals surface area contributed by atoms with Crippen molar-refractivity contribution < 1.29 is 13.6 Å². The number of fused-ring (bicyclic) bond motifs is 1. The lowest BCUT2D eigenvalue weighted by Crippen LogP contribution is -2.35. The van der Waals surface area contributed by atoms with Gasteiger partial charge >= 0.3 is 0 Å². The molecule has 0 saturated heterocycles. The highest BCUT2D eigenvalue weighted by Crippen LogP contribution is 2.28. The van der Waals surface area contributed by atoms with Gasteiger partial charge in [-0.25, -0.2) is 4.98 Å².